The van der Waals surface area contributed by atoms with E-state index in [2.05, 4.69) is 20.2 Å². The molecule has 1 aromatic carbocycles. The summed E-state index contributed by atoms with van der Waals surface area (Å²) in [5.41, 5.74) is 2.35. The molecule has 0 spiro atoms. The molecule has 8 nitrogen and oxygen atoms in total. The third kappa shape index (κ3) is 4.72. The zero-order valence-electron chi connectivity index (χ0n) is 18.0. The van der Waals surface area contributed by atoms with Crippen molar-refractivity contribution < 1.29 is 14.7 Å². The van der Waals surface area contributed by atoms with Crippen molar-refractivity contribution in [2.45, 2.75) is 25.8 Å². The number of anilines is 2. The third-order valence-electron chi connectivity index (χ3n) is 5.71. The Hall–Kier alpha value is -3.46. The molecule has 2 aromatic heterocycles. The maximum atomic E-state index is 12.7. The Morgan fingerprint density at radius 2 is 1.88 bits per heavy atom. The monoisotopic (exact) mass is 451 g/mol. The maximum Gasteiger partial charge on any atom is 0.407 e. The molecule has 3 aromatic rings. The summed E-state index contributed by atoms with van der Waals surface area (Å²) in [7, 11) is 1.61. The van der Waals surface area contributed by atoms with Gasteiger partial charge in [-0.1, -0.05) is 30.3 Å². The lowest BCUT2D eigenvalue weighted by molar-refractivity contribution is 0.102. The minimum atomic E-state index is -0.900. The summed E-state index contributed by atoms with van der Waals surface area (Å²) < 4.78 is 0. The molecular weight excluding hydrogens is 426 g/mol. The van der Waals surface area contributed by atoms with E-state index in [9.17, 15) is 9.59 Å². The van der Waals surface area contributed by atoms with Gasteiger partial charge in [0.05, 0.1) is 11.3 Å². The molecule has 2 N–H and O–H groups in total. The van der Waals surface area contributed by atoms with Crippen molar-refractivity contribution in [1.29, 1.82) is 0 Å². The van der Waals surface area contributed by atoms with Crippen LogP contribution in [0.25, 0.3) is 11.3 Å². The number of hydrogen-bond acceptors (Lipinski definition) is 6. The highest BCUT2D eigenvalue weighted by atomic mass is 32.1. The molecule has 2 amide bonds. The molecule has 0 saturated carbocycles. The Bertz CT molecular complexity index is 1090. The number of amides is 2. The van der Waals surface area contributed by atoms with E-state index in [0.29, 0.717) is 10.7 Å². The molecule has 9 heteroatoms. The standard InChI is InChI=1S/C23H25N5O3S/c1-15-20(16-6-4-3-5-7-16)25-22(32-15)26-21(29)17-8-9-19(24-14-17)28-12-10-18(11-13-28)27(2)23(30)31/h3-9,14,18H,10-13H2,1-2H3,(H,30,31)(H,25,26,29). The fourth-order valence-electron chi connectivity index (χ4n) is 3.83. The molecule has 0 bridgehead atoms. The third-order valence-corrected chi connectivity index (χ3v) is 6.60. The highest BCUT2D eigenvalue weighted by Crippen LogP contribution is 2.30. The van der Waals surface area contributed by atoms with Gasteiger partial charge in [0.1, 0.15) is 5.82 Å². The van der Waals surface area contributed by atoms with Crippen LogP contribution in [-0.2, 0) is 0 Å². The van der Waals surface area contributed by atoms with E-state index < -0.39 is 6.09 Å². The SMILES string of the molecule is Cc1sc(NC(=O)c2ccc(N3CCC(N(C)C(=O)O)CC3)nc2)nc1-c1ccccc1. The van der Waals surface area contributed by atoms with Gasteiger partial charge in [0.2, 0.25) is 0 Å². The number of piperidine rings is 1. The molecule has 1 aliphatic heterocycles. The average Bonchev–Trinajstić information content (AvgIpc) is 3.19. The van der Waals surface area contributed by atoms with Crippen LogP contribution in [0.4, 0.5) is 15.7 Å². The topological polar surface area (TPSA) is 98.7 Å². The molecule has 0 unspecified atom stereocenters. The second-order valence-corrected chi connectivity index (χ2v) is 8.96. The van der Waals surface area contributed by atoms with E-state index in [1.807, 2.05) is 43.3 Å². The van der Waals surface area contributed by atoms with Gasteiger partial charge in [-0.3, -0.25) is 10.1 Å². The fourth-order valence-corrected chi connectivity index (χ4v) is 4.66. The van der Waals surface area contributed by atoms with Gasteiger partial charge in [0.25, 0.3) is 5.91 Å². The number of nitrogens with zero attached hydrogens (tertiary/aromatic N) is 4. The normalized spacial score (nSPS) is 14.2. The van der Waals surface area contributed by atoms with Crippen LogP contribution in [-0.4, -0.2) is 58.2 Å². The number of carbonyl (C=O) groups is 2. The van der Waals surface area contributed by atoms with Crippen molar-refractivity contribution in [3.8, 4) is 11.3 Å². The van der Waals surface area contributed by atoms with Crippen LogP contribution >= 0.6 is 11.3 Å². The lowest BCUT2D eigenvalue weighted by Crippen LogP contribution is -2.45. The van der Waals surface area contributed by atoms with E-state index in [4.69, 9.17) is 5.11 Å². The lowest BCUT2D eigenvalue weighted by atomic mass is 10.0. The van der Waals surface area contributed by atoms with Gasteiger partial charge in [0, 0.05) is 42.8 Å². The Kier molecular flexibility index (Phi) is 6.36. The van der Waals surface area contributed by atoms with Crippen molar-refractivity contribution in [1.82, 2.24) is 14.9 Å². The van der Waals surface area contributed by atoms with Gasteiger partial charge in [-0.25, -0.2) is 14.8 Å². The van der Waals surface area contributed by atoms with E-state index >= 15 is 0 Å². The molecule has 3 heterocycles. The van der Waals surface area contributed by atoms with Crippen LogP contribution in [0.3, 0.4) is 0 Å². The molecule has 0 aliphatic carbocycles. The summed E-state index contributed by atoms with van der Waals surface area (Å²) in [6, 6.07) is 13.5. The van der Waals surface area contributed by atoms with Gasteiger partial charge in [-0.05, 0) is 31.9 Å². The number of nitrogens with one attached hydrogen (secondary N) is 1. The predicted octanol–water partition coefficient (Wildman–Crippen LogP) is 4.34. The van der Waals surface area contributed by atoms with Gasteiger partial charge >= 0.3 is 6.09 Å². The number of hydrogen-bond donors (Lipinski definition) is 2. The molecule has 1 fully saturated rings. The first-order chi connectivity index (χ1) is 15.4. The van der Waals surface area contributed by atoms with Crippen LogP contribution in [0.1, 0.15) is 28.1 Å². The molecule has 1 saturated heterocycles. The molecule has 0 radical (unpaired) electrons. The van der Waals surface area contributed by atoms with E-state index in [1.54, 1.807) is 19.3 Å². The predicted molar refractivity (Wildman–Crippen MR) is 126 cm³/mol. The number of benzene rings is 1. The van der Waals surface area contributed by atoms with E-state index in [-0.39, 0.29) is 11.9 Å². The number of carbonyl (C=O) groups excluding carboxylic acids is 1. The van der Waals surface area contributed by atoms with E-state index in [1.165, 1.54) is 16.2 Å². The number of carboxylic acid groups (broad SMARTS) is 1. The average molecular weight is 452 g/mol. The Morgan fingerprint density at radius 3 is 2.50 bits per heavy atom. The molecule has 166 valence electrons. The van der Waals surface area contributed by atoms with Gasteiger partial charge in [-0.2, -0.15) is 0 Å². The summed E-state index contributed by atoms with van der Waals surface area (Å²) in [6.45, 7) is 3.44. The number of pyridine rings is 1. The van der Waals surface area contributed by atoms with Gasteiger partial charge in [0.15, 0.2) is 5.13 Å². The molecule has 1 aliphatic rings. The zero-order valence-corrected chi connectivity index (χ0v) is 18.8. The fraction of sp³-hybridized carbons (Fsp3) is 0.304. The largest absolute Gasteiger partial charge is 0.465 e. The second kappa shape index (κ2) is 9.35. The highest BCUT2D eigenvalue weighted by molar-refractivity contribution is 7.16. The van der Waals surface area contributed by atoms with Crippen LogP contribution in [0.2, 0.25) is 0 Å². The van der Waals surface area contributed by atoms with Crippen LogP contribution < -0.4 is 10.2 Å². The summed E-state index contributed by atoms with van der Waals surface area (Å²) in [6.07, 6.45) is 2.17. The smallest absolute Gasteiger partial charge is 0.407 e. The number of aryl methyl sites for hydroxylation is 1. The summed E-state index contributed by atoms with van der Waals surface area (Å²) >= 11 is 1.45. The molecule has 32 heavy (non-hydrogen) atoms. The first-order valence-electron chi connectivity index (χ1n) is 10.4. The van der Waals surface area contributed by atoms with Crippen LogP contribution in [0, 0.1) is 6.92 Å². The van der Waals surface area contributed by atoms with Crippen molar-refractivity contribution in [2.75, 3.05) is 30.4 Å². The number of rotatable bonds is 5. The highest BCUT2D eigenvalue weighted by Gasteiger charge is 2.25. The van der Waals surface area contributed by atoms with Crippen LogP contribution in [0.15, 0.2) is 48.7 Å². The summed E-state index contributed by atoms with van der Waals surface area (Å²) in [4.78, 5) is 37.4. The zero-order chi connectivity index (χ0) is 22.7. The number of thiazole rings is 1. The van der Waals surface area contributed by atoms with Crippen molar-refractivity contribution in [3.05, 3.63) is 59.1 Å². The molecule has 4 rings (SSSR count). The number of aromatic nitrogens is 2. The second-order valence-electron chi connectivity index (χ2n) is 7.76. The van der Waals surface area contributed by atoms with Gasteiger partial charge < -0.3 is 14.9 Å². The Balaban J connectivity index is 1.38. The first-order valence-corrected chi connectivity index (χ1v) is 11.2. The molecule has 0 atom stereocenters. The minimum absolute atomic E-state index is 0.0244. The Morgan fingerprint density at radius 1 is 1.16 bits per heavy atom. The summed E-state index contributed by atoms with van der Waals surface area (Å²) in [5, 5.41) is 12.6. The minimum Gasteiger partial charge on any atom is -0.465 e. The summed E-state index contributed by atoms with van der Waals surface area (Å²) in [5.74, 6) is 0.536. The lowest BCUT2D eigenvalue weighted by Gasteiger charge is -2.36. The maximum absolute atomic E-state index is 12.7. The quantitative estimate of drug-likeness (QED) is 0.599. The Labute approximate surface area is 190 Å². The van der Waals surface area contributed by atoms with Crippen molar-refractivity contribution in [2.24, 2.45) is 0 Å². The van der Waals surface area contributed by atoms with E-state index in [0.717, 1.165) is 47.9 Å². The van der Waals surface area contributed by atoms with Crippen molar-refractivity contribution >= 4 is 34.3 Å². The van der Waals surface area contributed by atoms with Gasteiger partial charge in [-0.15, -0.1) is 11.3 Å². The first kappa shape index (κ1) is 21.8. The van der Waals surface area contributed by atoms with Crippen LogP contribution in [0.5, 0.6) is 0 Å². The van der Waals surface area contributed by atoms with Crippen molar-refractivity contribution in [3.63, 3.8) is 0 Å². The molecular formula is C23H25N5O3S.